The van der Waals surface area contributed by atoms with Crippen LogP contribution in [0, 0.1) is 0 Å². The summed E-state index contributed by atoms with van der Waals surface area (Å²) in [5.74, 6) is -0.408. The lowest BCUT2D eigenvalue weighted by Crippen LogP contribution is -2.34. The van der Waals surface area contributed by atoms with Crippen LogP contribution in [0.1, 0.15) is 43.1 Å². The molecule has 1 aromatic carbocycles. The van der Waals surface area contributed by atoms with Gasteiger partial charge in [0.15, 0.2) is 0 Å². The predicted molar refractivity (Wildman–Crippen MR) is 94.0 cm³/mol. The van der Waals surface area contributed by atoms with Crippen molar-refractivity contribution in [1.29, 1.82) is 0 Å². The van der Waals surface area contributed by atoms with Gasteiger partial charge in [0.25, 0.3) is 0 Å². The van der Waals surface area contributed by atoms with Gasteiger partial charge in [0, 0.05) is 23.2 Å². The number of fused-ring (bicyclic) bond motifs is 1. The zero-order valence-corrected chi connectivity index (χ0v) is 13.7. The first-order valence-electron chi connectivity index (χ1n) is 7.75. The van der Waals surface area contributed by atoms with Crippen molar-refractivity contribution < 1.29 is 4.79 Å². The van der Waals surface area contributed by atoms with E-state index in [1.165, 1.54) is 16.7 Å². The van der Waals surface area contributed by atoms with E-state index in [-0.39, 0.29) is 6.04 Å². The van der Waals surface area contributed by atoms with E-state index in [4.69, 9.17) is 5.73 Å². The van der Waals surface area contributed by atoms with Gasteiger partial charge in [-0.1, -0.05) is 17.7 Å². The van der Waals surface area contributed by atoms with E-state index < -0.39 is 5.91 Å². The number of amides is 1. The van der Waals surface area contributed by atoms with Crippen LogP contribution in [0.3, 0.4) is 0 Å². The second-order valence-electron chi connectivity index (χ2n) is 6.19. The Morgan fingerprint density at radius 1 is 1.22 bits per heavy atom. The molecule has 3 N–H and O–H groups in total. The van der Waals surface area contributed by atoms with Gasteiger partial charge >= 0.3 is 0 Å². The number of nitrogens with zero attached hydrogens (tertiary/aromatic N) is 1. The van der Waals surface area contributed by atoms with Crippen LogP contribution in [0.4, 0.5) is 0 Å². The lowest BCUT2D eigenvalue weighted by atomic mass is 9.88. The number of carbonyl (C=O) groups excluding carboxylic acids is 1. The summed E-state index contributed by atoms with van der Waals surface area (Å²) in [6.07, 6.45) is 5.03. The standard InChI is InChI=1S/C19H21N3O/c1-11-8-17-12(2)16(13(3)21-10-11)9-18(22-17)14-4-6-15(7-5-14)19(20)23/h4-7,9-10,17,22H,8H2,1-3H3,(H2,20,23)/b11-10+,21-13?. The van der Waals surface area contributed by atoms with Crippen LogP contribution in [0.5, 0.6) is 0 Å². The Morgan fingerprint density at radius 3 is 2.57 bits per heavy atom. The molecular formula is C19H21N3O. The third-order valence-electron chi connectivity index (χ3n) is 4.44. The SMILES string of the molecule is CC1=N/C=C(\C)CC2NC(c3ccc(C(N)=O)cc3)=CC1=C2C. The molecular weight excluding hydrogens is 286 g/mol. The van der Waals surface area contributed by atoms with Crippen molar-refractivity contribution in [3.05, 3.63) is 64.4 Å². The number of hydrogen-bond acceptors (Lipinski definition) is 3. The zero-order valence-electron chi connectivity index (χ0n) is 13.7. The number of rotatable bonds is 2. The molecule has 4 nitrogen and oxygen atoms in total. The number of carbonyl (C=O) groups is 1. The Kier molecular flexibility index (Phi) is 3.90. The number of dihydropyridines is 1. The minimum atomic E-state index is -0.408. The lowest BCUT2D eigenvalue weighted by Gasteiger charge is -2.30. The fourth-order valence-electron chi connectivity index (χ4n) is 3.01. The minimum absolute atomic E-state index is 0.266. The molecule has 2 heterocycles. The third-order valence-corrected chi connectivity index (χ3v) is 4.44. The quantitative estimate of drug-likeness (QED) is 0.881. The Bertz CT molecular complexity index is 779. The van der Waals surface area contributed by atoms with Crippen LogP contribution in [0.2, 0.25) is 0 Å². The molecule has 1 aromatic rings. The molecule has 2 aliphatic heterocycles. The normalized spacial score (nSPS) is 22.9. The third kappa shape index (κ3) is 2.97. The Hall–Kier alpha value is -2.62. The van der Waals surface area contributed by atoms with Crippen molar-refractivity contribution in [2.75, 3.05) is 0 Å². The van der Waals surface area contributed by atoms with Gasteiger partial charge in [0.1, 0.15) is 0 Å². The van der Waals surface area contributed by atoms with Gasteiger partial charge in [-0.05, 0) is 62.1 Å². The summed E-state index contributed by atoms with van der Waals surface area (Å²) < 4.78 is 0. The Morgan fingerprint density at radius 2 is 1.91 bits per heavy atom. The number of nitrogens with two attached hydrogens (primary N) is 1. The van der Waals surface area contributed by atoms with E-state index in [0.717, 1.165) is 23.4 Å². The molecule has 3 rings (SSSR count). The van der Waals surface area contributed by atoms with E-state index in [2.05, 4.69) is 30.2 Å². The Labute approximate surface area is 136 Å². The first-order valence-corrected chi connectivity index (χ1v) is 7.75. The van der Waals surface area contributed by atoms with E-state index in [1.54, 1.807) is 12.1 Å². The van der Waals surface area contributed by atoms with Gasteiger partial charge in [-0.15, -0.1) is 0 Å². The Balaban J connectivity index is 2.01. The minimum Gasteiger partial charge on any atom is -0.378 e. The maximum absolute atomic E-state index is 11.2. The molecule has 0 aliphatic carbocycles. The maximum atomic E-state index is 11.2. The van der Waals surface area contributed by atoms with Gasteiger partial charge in [0.2, 0.25) is 5.91 Å². The maximum Gasteiger partial charge on any atom is 0.248 e. The van der Waals surface area contributed by atoms with Gasteiger partial charge in [-0.3, -0.25) is 9.79 Å². The second kappa shape index (κ2) is 5.88. The molecule has 23 heavy (non-hydrogen) atoms. The fourth-order valence-corrected chi connectivity index (χ4v) is 3.01. The van der Waals surface area contributed by atoms with Crippen LogP contribution in [-0.2, 0) is 0 Å². The molecule has 0 spiro atoms. The molecule has 0 fully saturated rings. The predicted octanol–water partition coefficient (Wildman–Crippen LogP) is 3.18. The van der Waals surface area contributed by atoms with Gasteiger partial charge in [-0.2, -0.15) is 0 Å². The van der Waals surface area contributed by atoms with Crippen LogP contribution < -0.4 is 11.1 Å². The van der Waals surface area contributed by atoms with Crippen LogP contribution in [-0.4, -0.2) is 17.7 Å². The number of allylic oxidation sites excluding steroid dienone is 2. The monoisotopic (exact) mass is 307 g/mol. The first-order chi connectivity index (χ1) is 11.0. The van der Waals surface area contributed by atoms with Crippen molar-refractivity contribution in [3.63, 3.8) is 0 Å². The number of primary amides is 1. The molecule has 2 bridgehead atoms. The summed E-state index contributed by atoms with van der Waals surface area (Å²) in [6, 6.07) is 7.64. The zero-order chi connectivity index (χ0) is 16.6. The molecule has 1 atom stereocenters. The highest BCUT2D eigenvalue weighted by Gasteiger charge is 2.23. The van der Waals surface area contributed by atoms with E-state index >= 15 is 0 Å². The smallest absolute Gasteiger partial charge is 0.248 e. The average molecular weight is 307 g/mol. The molecule has 4 heteroatoms. The summed E-state index contributed by atoms with van der Waals surface area (Å²) in [5.41, 5.74) is 12.7. The number of aliphatic imine (C=N–C) groups is 1. The van der Waals surface area contributed by atoms with E-state index in [0.29, 0.717) is 5.56 Å². The lowest BCUT2D eigenvalue weighted by molar-refractivity contribution is 0.100. The molecule has 1 unspecified atom stereocenters. The van der Waals surface area contributed by atoms with Crippen molar-refractivity contribution >= 4 is 17.3 Å². The van der Waals surface area contributed by atoms with Crippen molar-refractivity contribution in [2.24, 2.45) is 10.7 Å². The van der Waals surface area contributed by atoms with Crippen molar-refractivity contribution in [2.45, 2.75) is 33.2 Å². The summed E-state index contributed by atoms with van der Waals surface area (Å²) in [6.45, 7) is 6.31. The fraction of sp³-hybridized carbons (Fsp3) is 0.263. The van der Waals surface area contributed by atoms with E-state index in [1.807, 2.05) is 25.3 Å². The molecule has 0 aromatic heterocycles. The highest BCUT2D eigenvalue weighted by molar-refractivity contribution is 6.04. The molecule has 0 saturated heterocycles. The highest BCUT2D eigenvalue weighted by Crippen LogP contribution is 2.29. The van der Waals surface area contributed by atoms with Crippen LogP contribution in [0.15, 0.2) is 58.3 Å². The molecule has 0 saturated carbocycles. The van der Waals surface area contributed by atoms with Crippen LogP contribution >= 0.6 is 0 Å². The summed E-state index contributed by atoms with van der Waals surface area (Å²) in [4.78, 5) is 15.8. The van der Waals surface area contributed by atoms with Gasteiger partial charge < -0.3 is 11.1 Å². The highest BCUT2D eigenvalue weighted by atomic mass is 16.1. The topological polar surface area (TPSA) is 67.5 Å². The molecule has 0 radical (unpaired) electrons. The van der Waals surface area contributed by atoms with Crippen LogP contribution in [0.25, 0.3) is 5.70 Å². The first kappa shape index (κ1) is 15.3. The van der Waals surface area contributed by atoms with E-state index in [9.17, 15) is 4.79 Å². The molecule has 1 amide bonds. The number of hydrogen-bond donors (Lipinski definition) is 2. The molecule has 2 aliphatic rings. The molecule has 118 valence electrons. The second-order valence-corrected chi connectivity index (χ2v) is 6.19. The summed E-state index contributed by atoms with van der Waals surface area (Å²) in [7, 11) is 0. The average Bonchev–Trinajstić information content (AvgIpc) is 2.54. The van der Waals surface area contributed by atoms with Crippen molar-refractivity contribution in [1.82, 2.24) is 5.32 Å². The summed E-state index contributed by atoms with van der Waals surface area (Å²) in [5, 5.41) is 3.61. The largest absolute Gasteiger partial charge is 0.378 e. The number of nitrogens with one attached hydrogen (secondary N) is 1. The van der Waals surface area contributed by atoms with Crippen molar-refractivity contribution in [3.8, 4) is 0 Å². The van der Waals surface area contributed by atoms with Gasteiger partial charge in [0.05, 0.1) is 6.04 Å². The number of benzene rings is 1. The van der Waals surface area contributed by atoms with Gasteiger partial charge in [-0.25, -0.2) is 0 Å². The summed E-state index contributed by atoms with van der Waals surface area (Å²) >= 11 is 0.